The fourth-order valence-corrected chi connectivity index (χ4v) is 3.62. The summed E-state index contributed by atoms with van der Waals surface area (Å²) in [6, 6.07) is 9.18. The van der Waals surface area contributed by atoms with Crippen LogP contribution >= 0.6 is 0 Å². The van der Waals surface area contributed by atoms with Gasteiger partial charge in [-0.25, -0.2) is 5.14 Å². The molecule has 1 aliphatic rings. The van der Waals surface area contributed by atoms with Gasteiger partial charge in [0, 0.05) is 17.8 Å². The summed E-state index contributed by atoms with van der Waals surface area (Å²) in [6.07, 6.45) is 0.446. The number of anilines is 2. The predicted octanol–water partition coefficient (Wildman–Crippen LogP) is 1.99. The van der Waals surface area contributed by atoms with Gasteiger partial charge in [0.15, 0.2) is 0 Å². The van der Waals surface area contributed by atoms with Crippen LogP contribution in [0.3, 0.4) is 0 Å². The average molecular weight is 397 g/mol. The summed E-state index contributed by atoms with van der Waals surface area (Å²) in [5, 5.41) is 7.28. The van der Waals surface area contributed by atoms with Crippen molar-refractivity contribution in [3.8, 4) is 5.75 Å². The average Bonchev–Trinajstić information content (AvgIpc) is 3.05. The molecule has 10 heteroatoms. The fraction of sp³-hybridized carbons (Fsp3) is 0.235. The lowest BCUT2D eigenvalue weighted by molar-refractivity contribution is -0.140. The summed E-state index contributed by atoms with van der Waals surface area (Å²) in [7, 11) is -2.58. The third-order valence-electron chi connectivity index (χ3n) is 4.24. The molecule has 27 heavy (non-hydrogen) atoms. The van der Waals surface area contributed by atoms with E-state index in [0.29, 0.717) is 17.7 Å². The second-order valence-corrected chi connectivity index (χ2v) is 7.44. The molecule has 3 N–H and O–H groups in total. The molecular formula is C17H17F2N3O4S. The van der Waals surface area contributed by atoms with Crippen LogP contribution in [-0.4, -0.2) is 28.0 Å². The Kier molecular flexibility index (Phi) is 4.79. The molecule has 0 radical (unpaired) electrons. The Morgan fingerprint density at radius 1 is 1.22 bits per heavy atom. The lowest BCUT2D eigenvalue weighted by Gasteiger charge is -2.19. The van der Waals surface area contributed by atoms with E-state index in [4.69, 9.17) is 9.88 Å². The van der Waals surface area contributed by atoms with E-state index < -0.39 is 27.6 Å². The number of nitrogens with two attached hydrogens (primary N) is 1. The van der Waals surface area contributed by atoms with Crippen LogP contribution in [0.5, 0.6) is 5.75 Å². The Bertz CT molecular complexity index is 978. The molecule has 0 aliphatic carbocycles. The number of nitrogens with zero attached hydrogens (tertiary/aromatic N) is 1. The van der Waals surface area contributed by atoms with Crippen molar-refractivity contribution in [2.75, 3.05) is 23.3 Å². The minimum absolute atomic E-state index is 0.0440. The van der Waals surface area contributed by atoms with Crippen molar-refractivity contribution in [3.05, 3.63) is 53.6 Å². The van der Waals surface area contributed by atoms with Crippen molar-refractivity contribution in [1.82, 2.24) is 0 Å². The number of benzene rings is 2. The highest BCUT2D eigenvalue weighted by molar-refractivity contribution is 7.90. The van der Waals surface area contributed by atoms with E-state index in [-0.39, 0.29) is 17.9 Å². The molecule has 2 aromatic rings. The normalized spacial score (nSPS) is 14.0. The molecule has 1 amide bonds. The number of carbonyl (C=O) groups is 1. The number of nitrogens with one attached hydrogen (secondary N) is 1. The zero-order valence-electron chi connectivity index (χ0n) is 14.3. The molecular weight excluding hydrogens is 380 g/mol. The van der Waals surface area contributed by atoms with Gasteiger partial charge >= 0.3 is 5.92 Å². The first-order valence-electron chi connectivity index (χ1n) is 7.90. The first kappa shape index (κ1) is 19.1. The molecule has 0 fully saturated rings. The molecule has 0 atom stereocenters. The Labute approximate surface area is 154 Å². The van der Waals surface area contributed by atoms with Crippen molar-refractivity contribution in [1.29, 1.82) is 0 Å². The van der Waals surface area contributed by atoms with Crippen LogP contribution in [0, 0.1) is 0 Å². The molecule has 144 valence electrons. The van der Waals surface area contributed by atoms with E-state index >= 15 is 0 Å². The monoisotopic (exact) mass is 397 g/mol. The Balaban J connectivity index is 1.83. The highest BCUT2D eigenvalue weighted by Crippen LogP contribution is 2.34. The van der Waals surface area contributed by atoms with Crippen LogP contribution in [0.25, 0.3) is 0 Å². The Morgan fingerprint density at radius 3 is 2.48 bits per heavy atom. The number of carbonyl (C=O) groups excluding carboxylic acids is 1. The van der Waals surface area contributed by atoms with Gasteiger partial charge in [-0.1, -0.05) is 6.07 Å². The van der Waals surface area contributed by atoms with Gasteiger partial charge in [0.2, 0.25) is 0 Å². The van der Waals surface area contributed by atoms with Crippen molar-refractivity contribution < 1.29 is 26.7 Å². The van der Waals surface area contributed by atoms with Crippen LogP contribution < -0.4 is 19.5 Å². The maximum Gasteiger partial charge on any atom is 0.350 e. The fourth-order valence-electron chi connectivity index (χ4n) is 2.83. The van der Waals surface area contributed by atoms with E-state index in [9.17, 15) is 22.0 Å². The molecule has 0 spiro atoms. The van der Waals surface area contributed by atoms with E-state index in [1.165, 1.54) is 31.4 Å². The number of hydrogen-bond donors (Lipinski definition) is 2. The summed E-state index contributed by atoms with van der Waals surface area (Å²) >= 11 is 0. The van der Waals surface area contributed by atoms with Crippen molar-refractivity contribution >= 4 is 27.5 Å². The Morgan fingerprint density at radius 2 is 1.89 bits per heavy atom. The lowest BCUT2D eigenvalue weighted by Crippen LogP contribution is -2.35. The number of halogens is 2. The topological polar surface area (TPSA) is 102 Å². The minimum atomic E-state index is -3.98. The highest BCUT2D eigenvalue weighted by Gasteiger charge is 2.41. The first-order chi connectivity index (χ1) is 12.6. The summed E-state index contributed by atoms with van der Waals surface area (Å²) < 4.78 is 58.0. The first-order valence-corrected chi connectivity index (χ1v) is 9.40. The van der Waals surface area contributed by atoms with E-state index in [1.807, 2.05) is 0 Å². The molecule has 0 saturated carbocycles. The molecule has 0 bridgehead atoms. The molecule has 7 nitrogen and oxygen atoms in total. The smallest absolute Gasteiger partial charge is 0.350 e. The minimum Gasteiger partial charge on any atom is -0.497 e. The van der Waals surface area contributed by atoms with E-state index in [2.05, 4.69) is 5.32 Å². The van der Waals surface area contributed by atoms with Gasteiger partial charge in [0.25, 0.3) is 16.1 Å². The molecule has 2 aromatic carbocycles. The summed E-state index contributed by atoms with van der Waals surface area (Å²) in [6.45, 7) is 0.160. The van der Waals surface area contributed by atoms with Gasteiger partial charge < -0.3 is 10.1 Å². The number of methoxy groups -OCH3 is 1. The molecule has 1 heterocycles. The van der Waals surface area contributed by atoms with Crippen LogP contribution in [0.15, 0.2) is 42.5 Å². The van der Waals surface area contributed by atoms with Crippen LogP contribution in [0.4, 0.5) is 20.2 Å². The molecule has 0 saturated heterocycles. The molecule has 3 rings (SSSR count). The molecule has 0 unspecified atom stereocenters. The number of amides is 1. The maximum absolute atomic E-state index is 14.4. The Hall–Kier alpha value is -2.72. The summed E-state index contributed by atoms with van der Waals surface area (Å²) in [5.74, 6) is -4.94. The van der Waals surface area contributed by atoms with Gasteiger partial charge in [0.1, 0.15) is 5.75 Å². The van der Waals surface area contributed by atoms with E-state index in [0.717, 1.165) is 16.4 Å². The van der Waals surface area contributed by atoms with Gasteiger partial charge in [0.05, 0.1) is 12.8 Å². The van der Waals surface area contributed by atoms with Crippen LogP contribution in [0.2, 0.25) is 0 Å². The molecule has 0 aromatic heterocycles. The quantitative estimate of drug-likeness (QED) is 0.806. The predicted molar refractivity (Wildman–Crippen MR) is 96.1 cm³/mol. The van der Waals surface area contributed by atoms with Crippen LogP contribution in [0.1, 0.15) is 11.1 Å². The number of fused-ring (bicyclic) bond motifs is 1. The standard InChI is InChI=1S/C17H17F2N3O4S/c1-26-14-6-3-12(4-7-14)17(18,19)16(23)21-13-5-2-11-8-9-22(15(11)10-13)27(20,24)25/h2-7,10H,8-9H2,1H3,(H,21,23)(H2,20,24,25). The van der Waals surface area contributed by atoms with Gasteiger partial charge in [-0.2, -0.15) is 17.2 Å². The number of hydrogen-bond acceptors (Lipinski definition) is 4. The van der Waals surface area contributed by atoms with E-state index in [1.54, 1.807) is 6.07 Å². The zero-order valence-corrected chi connectivity index (χ0v) is 15.1. The van der Waals surface area contributed by atoms with Crippen LogP contribution in [-0.2, 0) is 27.3 Å². The number of alkyl halides is 2. The van der Waals surface area contributed by atoms with Gasteiger partial charge in [-0.3, -0.25) is 9.10 Å². The van der Waals surface area contributed by atoms with Gasteiger partial charge in [-0.15, -0.1) is 0 Å². The zero-order chi connectivity index (χ0) is 19.8. The molecule has 1 aliphatic heterocycles. The highest BCUT2D eigenvalue weighted by atomic mass is 32.2. The van der Waals surface area contributed by atoms with Crippen molar-refractivity contribution in [3.63, 3.8) is 0 Å². The van der Waals surface area contributed by atoms with Crippen molar-refractivity contribution in [2.24, 2.45) is 5.14 Å². The third kappa shape index (κ3) is 3.71. The van der Waals surface area contributed by atoms with Gasteiger partial charge in [-0.05, 0) is 48.4 Å². The largest absolute Gasteiger partial charge is 0.497 e. The second kappa shape index (κ2) is 6.78. The summed E-state index contributed by atoms with van der Waals surface area (Å²) in [5.41, 5.74) is 0.516. The number of ether oxygens (including phenoxy) is 1. The van der Waals surface area contributed by atoms with Crippen molar-refractivity contribution in [2.45, 2.75) is 12.3 Å². The maximum atomic E-state index is 14.4. The number of rotatable bonds is 5. The summed E-state index contributed by atoms with van der Waals surface area (Å²) in [4.78, 5) is 12.1. The SMILES string of the molecule is COc1ccc(C(F)(F)C(=O)Nc2ccc3c(c2)N(S(N)(=O)=O)CC3)cc1. The third-order valence-corrected chi connectivity index (χ3v) is 5.23. The second-order valence-electron chi connectivity index (χ2n) is 5.97. The lowest BCUT2D eigenvalue weighted by atomic mass is 10.1.